The summed E-state index contributed by atoms with van der Waals surface area (Å²) < 4.78 is 0. The Kier molecular flexibility index (Phi) is 10.2. The Hall–Kier alpha value is -2.78. The Morgan fingerprint density at radius 2 is 1.75 bits per heavy atom. The number of aliphatic hydroxyl groups is 1. The van der Waals surface area contributed by atoms with Gasteiger partial charge >= 0.3 is 0 Å². The molecule has 1 aliphatic rings. The Morgan fingerprint density at radius 3 is 2.25 bits per heavy atom. The molecule has 0 bridgehead atoms. The van der Waals surface area contributed by atoms with Crippen LogP contribution in [0.25, 0.3) is 10.4 Å². The third-order valence-corrected chi connectivity index (χ3v) is 7.08. The van der Waals surface area contributed by atoms with E-state index in [1.807, 2.05) is 78.2 Å². The van der Waals surface area contributed by atoms with Gasteiger partial charge in [0.15, 0.2) is 0 Å². The second-order valence-corrected chi connectivity index (χ2v) is 10.9. The fraction of sp³-hybridized carbons (Fsp3) is 0.556. The van der Waals surface area contributed by atoms with Crippen LogP contribution in [0.1, 0.15) is 72.2 Å². The molecule has 3 amide bonds. The molecule has 0 radical (unpaired) electrons. The number of aliphatic hydroxyl groups excluding tert-OH is 1. The van der Waals surface area contributed by atoms with Gasteiger partial charge in [0.1, 0.15) is 12.1 Å². The van der Waals surface area contributed by atoms with Gasteiger partial charge in [-0.15, -0.1) is 11.3 Å². The van der Waals surface area contributed by atoms with Gasteiger partial charge in [-0.05, 0) is 30.4 Å². The maximum atomic E-state index is 13.3. The number of carbonyl (C=O) groups excluding carboxylic acids is 3. The third-order valence-electron chi connectivity index (χ3n) is 6.10. The van der Waals surface area contributed by atoms with E-state index in [1.165, 1.54) is 11.8 Å². The highest BCUT2D eigenvalue weighted by atomic mass is 32.1. The highest BCUT2D eigenvalue weighted by Gasteiger charge is 2.44. The number of nitrogens with zero attached hydrogens (tertiary/aromatic N) is 2. The van der Waals surface area contributed by atoms with Crippen molar-refractivity contribution < 1.29 is 19.5 Å². The Labute approximate surface area is 218 Å². The SMILES string of the molecule is CC.CC(=O)NC(C(=O)N1C[C@H](O)C[C@H]1C(=O)N[C@@H](C)c1ccc(-c2scnc2C)cc1)C(C)(C)C. The zero-order valence-corrected chi connectivity index (χ0v) is 23.4. The van der Waals surface area contributed by atoms with Crippen LogP contribution in [0, 0.1) is 12.3 Å². The van der Waals surface area contributed by atoms with Crippen molar-refractivity contribution in [1.29, 1.82) is 0 Å². The Morgan fingerprint density at radius 1 is 1.14 bits per heavy atom. The lowest BCUT2D eigenvalue weighted by Gasteiger charge is -2.35. The summed E-state index contributed by atoms with van der Waals surface area (Å²) in [5.74, 6) is -1.01. The zero-order chi connectivity index (χ0) is 27.2. The predicted octanol–water partition coefficient (Wildman–Crippen LogP) is 3.83. The van der Waals surface area contributed by atoms with Crippen LogP contribution >= 0.6 is 11.3 Å². The fourth-order valence-corrected chi connectivity index (χ4v) is 5.03. The first kappa shape index (κ1) is 29.5. The molecule has 1 unspecified atom stereocenters. The number of aromatic nitrogens is 1. The van der Waals surface area contributed by atoms with E-state index in [9.17, 15) is 19.5 Å². The number of nitrogens with one attached hydrogen (secondary N) is 2. The van der Waals surface area contributed by atoms with Gasteiger partial charge in [0.2, 0.25) is 17.7 Å². The summed E-state index contributed by atoms with van der Waals surface area (Å²) in [7, 11) is 0. The van der Waals surface area contributed by atoms with Crippen LogP contribution in [0.3, 0.4) is 0 Å². The van der Waals surface area contributed by atoms with Gasteiger partial charge in [-0.3, -0.25) is 14.4 Å². The van der Waals surface area contributed by atoms with E-state index >= 15 is 0 Å². The van der Waals surface area contributed by atoms with E-state index in [1.54, 1.807) is 11.3 Å². The maximum absolute atomic E-state index is 13.3. The standard InChI is InChI=1S/C25H34N4O4S.C2H6/c1-14(17-7-9-18(10-8-17)21-15(2)26-13-34-21)27-23(32)20-11-19(31)12-29(20)24(33)22(25(4,5)6)28-16(3)30;1-2/h7-10,13-14,19-20,22,31H,11-12H2,1-6H3,(H,27,32)(H,28,30);1-2H3/t14-,19+,20-,22?;/m0./s1. The van der Waals surface area contributed by atoms with E-state index in [-0.39, 0.29) is 36.7 Å². The number of benzene rings is 1. The predicted molar refractivity (Wildman–Crippen MR) is 143 cm³/mol. The van der Waals surface area contributed by atoms with Crippen molar-refractivity contribution in [2.75, 3.05) is 6.54 Å². The molecule has 9 heteroatoms. The van der Waals surface area contributed by atoms with Gasteiger partial charge in [-0.1, -0.05) is 58.9 Å². The molecule has 0 aliphatic carbocycles. The van der Waals surface area contributed by atoms with Crippen LogP contribution in [0.15, 0.2) is 29.8 Å². The largest absolute Gasteiger partial charge is 0.391 e. The summed E-state index contributed by atoms with van der Waals surface area (Å²) in [5.41, 5.74) is 4.26. The number of hydrogen-bond donors (Lipinski definition) is 3. The molecule has 1 fully saturated rings. The molecule has 2 heterocycles. The average molecular weight is 517 g/mol. The number of hydrogen-bond acceptors (Lipinski definition) is 6. The van der Waals surface area contributed by atoms with Crippen molar-refractivity contribution in [2.45, 2.75) is 86.0 Å². The average Bonchev–Trinajstić information content (AvgIpc) is 3.43. The van der Waals surface area contributed by atoms with Gasteiger partial charge < -0.3 is 20.6 Å². The van der Waals surface area contributed by atoms with E-state index in [0.717, 1.165) is 21.7 Å². The minimum Gasteiger partial charge on any atom is -0.391 e. The van der Waals surface area contributed by atoms with Crippen molar-refractivity contribution in [3.63, 3.8) is 0 Å². The zero-order valence-electron chi connectivity index (χ0n) is 22.6. The lowest BCUT2D eigenvalue weighted by atomic mass is 9.85. The lowest BCUT2D eigenvalue weighted by Crippen LogP contribution is -2.57. The number of likely N-dealkylation sites (tertiary alicyclic amines) is 1. The van der Waals surface area contributed by atoms with Crippen molar-refractivity contribution in [3.05, 3.63) is 41.0 Å². The molecule has 0 spiro atoms. The smallest absolute Gasteiger partial charge is 0.246 e. The van der Waals surface area contributed by atoms with E-state index < -0.39 is 23.6 Å². The quantitative estimate of drug-likeness (QED) is 0.540. The molecule has 1 aromatic carbocycles. The summed E-state index contributed by atoms with van der Waals surface area (Å²) in [6, 6.07) is 6.07. The van der Waals surface area contributed by atoms with Crippen LogP contribution in [0.4, 0.5) is 0 Å². The molecular formula is C27H40N4O4S. The molecule has 8 nitrogen and oxygen atoms in total. The van der Waals surface area contributed by atoms with Gasteiger partial charge in [0.25, 0.3) is 0 Å². The lowest BCUT2D eigenvalue weighted by molar-refractivity contribution is -0.144. The molecule has 1 aromatic heterocycles. The van der Waals surface area contributed by atoms with Crippen molar-refractivity contribution in [2.24, 2.45) is 5.41 Å². The summed E-state index contributed by atoms with van der Waals surface area (Å²) in [4.78, 5) is 45.0. The monoisotopic (exact) mass is 516 g/mol. The molecule has 1 aliphatic heterocycles. The van der Waals surface area contributed by atoms with Gasteiger partial charge in [0.05, 0.1) is 28.2 Å². The number of aryl methyl sites for hydroxylation is 1. The number of carbonyl (C=O) groups is 3. The third kappa shape index (κ3) is 7.13. The van der Waals surface area contributed by atoms with Crippen molar-refractivity contribution in [1.82, 2.24) is 20.5 Å². The number of β-amino-alcohol motifs (C(OH)–C–C–N with tert-alkyl or cyclic N) is 1. The van der Waals surface area contributed by atoms with E-state index in [2.05, 4.69) is 15.6 Å². The first-order valence-corrected chi connectivity index (χ1v) is 13.3. The van der Waals surface area contributed by atoms with Crippen LogP contribution in [0.5, 0.6) is 0 Å². The number of thiazole rings is 1. The first-order valence-electron chi connectivity index (χ1n) is 12.4. The van der Waals surface area contributed by atoms with Crippen LogP contribution in [0.2, 0.25) is 0 Å². The molecule has 3 N–H and O–H groups in total. The molecule has 198 valence electrons. The molecule has 0 saturated carbocycles. The van der Waals surface area contributed by atoms with E-state index in [4.69, 9.17) is 0 Å². The van der Waals surface area contributed by atoms with E-state index in [0.29, 0.717) is 0 Å². The molecule has 3 rings (SSSR count). The molecular weight excluding hydrogens is 476 g/mol. The summed E-state index contributed by atoms with van der Waals surface area (Å²) in [5, 5.41) is 16.0. The Balaban J connectivity index is 0.00000222. The highest BCUT2D eigenvalue weighted by molar-refractivity contribution is 7.13. The number of amides is 3. The van der Waals surface area contributed by atoms with Crippen LogP contribution < -0.4 is 10.6 Å². The minimum atomic E-state index is -0.803. The minimum absolute atomic E-state index is 0.0559. The second kappa shape index (κ2) is 12.5. The van der Waals surface area contributed by atoms with Crippen LogP contribution in [-0.4, -0.2) is 57.4 Å². The topological polar surface area (TPSA) is 112 Å². The molecule has 2 aromatic rings. The van der Waals surface area contributed by atoms with Crippen molar-refractivity contribution >= 4 is 29.1 Å². The second-order valence-electron chi connectivity index (χ2n) is 10.0. The maximum Gasteiger partial charge on any atom is 0.246 e. The highest BCUT2D eigenvalue weighted by Crippen LogP contribution is 2.29. The first-order chi connectivity index (χ1) is 16.9. The molecule has 1 saturated heterocycles. The summed E-state index contributed by atoms with van der Waals surface area (Å²) >= 11 is 1.59. The number of rotatable bonds is 6. The summed E-state index contributed by atoms with van der Waals surface area (Å²) in [6.07, 6.45) is -0.639. The van der Waals surface area contributed by atoms with Gasteiger partial charge in [-0.2, -0.15) is 0 Å². The van der Waals surface area contributed by atoms with Gasteiger partial charge in [0, 0.05) is 19.9 Å². The summed E-state index contributed by atoms with van der Waals surface area (Å²) in [6.45, 7) is 14.8. The van der Waals surface area contributed by atoms with Gasteiger partial charge in [-0.25, -0.2) is 4.98 Å². The fourth-order valence-electron chi connectivity index (χ4n) is 4.22. The Bertz CT molecular complexity index is 1040. The van der Waals surface area contributed by atoms with Crippen LogP contribution in [-0.2, 0) is 14.4 Å². The van der Waals surface area contributed by atoms with Crippen molar-refractivity contribution in [3.8, 4) is 10.4 Å². The normalized spacial score (nSPS) is 19.1. The molecule has 4 atom stereocenters. The molecule has 36 heavy (non-hydrogen) atoms.